The smallest absolute Gasteiger partial charge is 0.282 e. The number of para-hydroxylation sites is 1. The van der Waals surface area contributed by atoms with Gasteiger partial charge in [-0.2, -0.15) is 8.61 Å². The lowest BCUT2D eigenvalue weighted by molar-refractivity contribution is -0.385. The fourth-order valence-corrected chi connectivity index (χ4v) is 14.0. The van der Waals surface area contributed by atoms with Crippen LogP contribution in [0.15, 0.2) is 148 Å². The number of halogens is 2. The fraction of sp³-hybridized carbons (Fsp3) is 0.200. The lowest BCUT2D eigenvalue weighted by Crippen LogP contribution is -2.50. The van der Waals surface area contributed by atoms with Gasteiger partial charge in [0, 0.05) is 94.9 Å². The van der Waals surface area contributed by atoms with Crippen LogP contribution in [-0.4, -0.2) is 116 Å². The third-order valence-electron chi connectivity index (χ3n) is 11.9. The van der Waals surface area contributed by atoms with Crippen molar-refractivity contribution in [1.82, 2.24) is 29.0 Å². The SMILES string of the molecule is O=C(NCc1ccc(S(=O)(=O)N2CCN(C(=O)c3cccc4ccccc34)CC2)s1)c1ccc(Cl)cc1.O=C(NCc1ccc(S(=O)(=O)N2CCN(C(=O)c3ccccc3[N+](=O)[O-])CC2)s1)c1ccc(Cl)cc1. The van der Waals surface area contributed by atoms with E-state index in [0.717, 1.165) is 38.3 Å². The van der Waals surface area contributed by atoms with Gasteiger partial charge in [-0.25, -0.2) is 16.8 Å². The van der Waals surface area contributed by atoms with E-state index in [9.17, 15) is 46.1 Å². The Morgan fingerprint density at radius 2 is 0.932 bits per heavy atom. The summed E-state index contributed by atoms with van der Waals surface area (Å²) in [5.74, 6) is -1.16. The van der Waals surface area contributed by atoms with Crippen LogP contribution in [-0.2, 0) is 33.1 Å². The molecule has 4 heterocycles. The van der Waals surface area contributed by atoms with Crippen molar-refractivity contribution in [3.63, 3.8) is 0 Å². The topological polar surface area (TPSA) is 217 Å². The van der Waals surface area contributed by atoms with E-state index in [4.69, 9.17) is 23.2 Å². The van der Waals surface area contributed by atoms with Crippen molar-refractivity contribution in [2.24, 2.45) is 0 Å². The van der Waals surface area contributed by atoms with Crippen molar-refractivity contribution in [2.45, 2.75) is 21.5 Å². The number of rotatable bonds is 13. The predicted octanol–water partition coefficient (Wildman–Crippen LogP) is 8.02. The monoisotopic (exact) mass is 1100 g/mol. The minimum absolute atomic E-state index is 0.0256. The van der Waals surface area contributed by atoms with E-state index in [1.54, 1.807) is 77.7 Å². The van der Waals surface area contributed by atoms with Gasteiger partial charge in [0.25, 0.3) is 49.4 Å². The molecule has 4 amide bonds. The molecule has 2 aliphatic heterocycles. The molecule has 378 valence electrons. The molecule has 0 saturated carbocycles. The van der Waals surface area contributed by atoms with E-state index in [1.165, 1.54) is 37.8 Å². The number of amides is 4. The molecule has 2 fully saturated rings. The summed E-state index contributed by atoms with van der Waals surface area (Å²) in [5, 5.41) is 19.7. The van der Waals surface area contributed by atoms with Gasteiger partial charge in [-0.15, -0.1) is 22.7 Å². The van der Waals surface area contributed by atoms with Gasteiger partial charge in [0.05, 0.1) is 18.0 Å². The average Bonchev–Trinajstić information content (AvgIpc) is 4.11. The molecule has 5 aromatic carbocycles. The Morgan fingerprint density at radius 1 is 0.521 bits per heavy atom. The Bertz CT molecular complexity index is 3410. The van der Waals surface area contributed by atoms with Gasteiger partial charge in [-0.3, -0.25) is 29.3 Å². The zero-order chi connectivity index (χ0) is 51.9. The highest BCUT2D eigenvalue weighted by atomic mass is 35.5. The highest BCUT2D eigenvalue weighted by Gasteiger charge is 2.34. The largest absolute Gasteiger partial charge is 0.347 e. The molecule has 0 aliphatic carbocycles. The van der Waals surface area contributed by atoms with Crippen LogP contribution in [0.5, 0.6) is 0 Å². The van der Waals surface area contributed by atoms with Crippen molar-refractivity contribution in [1.29, 1.82) is 0 Å². The Labute approximate surface area is 438 Å². The molecule has 2 N–H and O–H groups in total. The maximum atomic E-state index is 13.2. The zero-order valence-corrected chi connectivity index (χ0v) is 43.3. The van der Waals surface area contributed by atoms with Gasteiger partial charge in [0.2, 0.25) is 0 Å². The van der Waals surface area contributed by atoms with E-state index >= 15 is 0 Å². The van der Waals surface area contributed by atoms with Gasteiger partial charge < -0.3 is 20.4 Å². The number of carbonyl (C=O) groups excluding carboxylic acids is 4. The number of sulfonamides is 2. The second-order valence-corrected chi connectivity index (χ2v) is 24.1. The van der Waals surface area contributed by atoms with Crippen LogP contribution in [0.4, 0.5) is 5.69 Å². The van der Waals surface area contributed by atoms with Crippen LogP contribution in [0.1, 0.15) is 51.2 Å². The van der Waals surface area contributed by atoms with Crippen LogP contribution < -0.4 is 10.6 Å². The van der Waals surface area contributed by atoms with E-state index in [2.05, 4.69) is 10.6 Å². The number of nitro benzene ring substituents is 1. The van der Waals surface area contributed by atoms with Crippen molar-refractivity contribution >= 4 is 106 Å². The highest BCUT2D eigenvalue weighted by molar-refractivity contribution is 7.91. The number of thiophene rings is 2. The van der Waals surface area contributed by atoms with E-state index in [-0.39, 0.29) is 89.7 Å². The first kappa shape index (κ1) is 52.8. The zero-order valence-electron chi connectivity index (χ0n) is 38.6. The van der Waals surface area contributed by atoms with Crippen LogP contribution in [0.2, 0.25) is 10.0 Å². The van der Waals surface area contributed by atoms with Gasteiger partial charge in [0.15, 0.2) is 0 Å². The molecule has 73 heavy (non-hydrogen) atoms. The van der Waals surface area contributed by atoms with Gasteiger partial charge in [0.1, 0.15) is 14.0 Å². The summed E-state index contributed by atoms with van der Waals surface area (Å²) >= 11 is 13.9. The van der Waals surface area contributed by atoms with Gasteiger partial charge in [-0.05, 0) is 95.7 Å². The lowest BCUT2D eigenvalue weighted by atomic mass is 10.0. The lowest BCUT2D eigenvalue weighted by Gasteiger charge is -2.34. The summed E-state index contributed by atoms with van der Waals surface area (Å²) in [7, 11) is -7.49. The summed E-state index contributed by atoms with van der Waals surface area (Å²) < 4.78 is 55.8. The molecule has 0 unspecified atom stereocenters. The standard InChI is InChI=1S/C27H24ClN3O4S2.C23H21ClN4O6S2/c28-21-10-8-20(9-11-21)26(32)29-18-22-12-13-25(36-22)37(34,35)31-16-14-30(15-17-31)27(33)24-7-3-5-19-4-1-2-6-23(19)24;24-17-7-5-16(6-8-17)22(29)25-15-18-9-10-21(35-18)36(33,34)27-13-11-26(12-14-27)23(30)19-3-1-2-4-20(19)28(31)32/h1-13H,14-18H2,(H,29,32);1-10H,11-15H2,(H,25,29). The summed E-state index contributed by atoms with van der Waals surface area (Å²) in [5.41, 5.74) is 1.23. The first-order valence-electron chi connectivity index (χ1n) is 22.5. The Kier molecular flexibility index (Phi) is 16.7. The normalized spacial score (nSPS) is 14.5. The van der Waals surface area contributed by atoms with Crippen molar-refractivity contribution in [3.05, 3.63) is 192 Å². The predicted molar refractivity (Wildman–Crippen MR) is 280 cm³/mol. The van der Waals surface area contributed by atoms with Crippen molar-refractivity contribution < 1.29 is 40.9 Å². The number of carbonyl (C=O) groups is 4. The van der Waals surface area contributed by atoms with Gasteiger partial charge in [-0.1, -0.05) is 71.7 Å². The molecule has 0 atom stereocenters. The number of nitrogens with zero attached hydrogens (tertiary/aromatic N) is 5. The van der Waals surface area contributed by atoms with Crippen LogP contribution in [0.25, 0.3) is 10.8 Å². The third-order valence-corrected chi connectivity index (χ3v) is 19.3. The number of benzene rings is 5. The molecule has 17 nitrogen and oxygen atoms in total. The second kappa shape index (κ2) is 23.1. The van der Waals surface area contributed by atoms with Crippen LogP contribution in [0.3, 0.4) is 0 Å². The molecule has 9 rings (SSSR count). The summed E-state index contributed by atoms with van der Waals surface area (Å²) in [6.45, 7) is 1.81. The summed E-state index contributed by atoms with van der Waals surface area (Å²) in [6, 6.07) is 38.4. The molecule has 7 aromatic rings. The molecular formula is C50H45Cl2N7O10S4. The molecule has 0 bridgehead atoms. The van der Waals surface area contributed by atoms with Gasteiger partial charge >= 0.3 is 0 Å². The minimum atomic E-state index is -3.79. The maximum Gasteiger partial charge on any atom is 0.282 e. The number of hydrogen-bond acceptors (Lipinski definition) is 12. The average molecular weight is 1100 g/mol. The molecule has 2 aromatic heterocycles. The second-order valence-electron chi connectivity index (χ2n) is 16.5. The molecular weight excluding hydrogens is 1060 g/mol. The first-order valence-corrected chi connectivity index (χ1v) is 27.8. The van der Waals surface area contributed by atoms with Crippen LogP contribution in [0, 0.1) is 10.1 Å². The van der Waals surface area contributed by atoms with Crippen LogP contribution >= 0.6 is 45.9 Å². The molecule has 2 aliphatic rings. The summed E-state index contributed by atoms with van der Waals surface area (Å²) in [4.78, 5) is 65.8. The summed E-state index contributed by atoms with van der Waals surface area (Å²) in [6.07, 6.45) is 0. The molecule has 23 heteroatoms. The minimum Gasteiger partial charge on any atom is -0.347 e. The van der Waals surface area contributed by atoms with Crippen molar-refractivity contribution in [3.8, 4) is 0 Å². The van der Waals surface area contributed by atoms with E-state index < -0.39 is 30.9 Å². The van der Waals surface area contributed by atoms with E-state index in [0.29, 0.717) is 44.7 Å². The molecule has 0 spiro atoms. The Morgan fingerprint density at radius 3 is 1.41 bits per heavy atom. The maximum absolute atomic E-state index is 13.2. The molecule has 0 radical (unpaired) electrons. The number of nitrogens with one attached hydrogen (secondary N) is 2. The highest BCUT2D eigenvalue weighted by Crippen LogP contribution is 2.29. The number of piperazine rings is 2. The van der Waals surface area contributed by atoms with Crippen molar-refractivity contribution in [2.75, 3.05) is 52.4 Å². The fourth-order valence-electron chi connectivity index (χ4n) is 8.01. The number of hydrogen-bond donors (Lipinski definition) is 2. The number of nitro groups is 1. The Hall–Kier alpha value is -6.56. The first-order chi connectivity index (χ1) is 35.0. The number of fused-ring (bicyclic) bond motifs is 1. The quantitative estimate of drug-likeness (QED) is 0.0837. The third kappa shape index (κ3) is 12.5. The Balaban J connectivity index is 0.000000195. The molecule has 2 saturated heterocycles. The van der Waals surface area contributed by atoms with E-state index in [1.807, 2.05) is 42.5 Å².